The van der Waals surface area contributed by atoms with Crippen molar-refractivity contribution < 1.29 is 14.2 Å². The summed E-state index contributed by atoms with van der Waals surface area (Å²) in [4.78, 5) is 4.84. The lowest BCUT2D eigenvalue weighted by Gasteiger charge is -2.33. The van der Waals surface area contributed by atoms with Gasteiger partial charge in [0.25, 0.3) is 0 Å². The maximum absolute atomic E-state index is 15.5. The van der Waals surface area contributed by atoms with E-state index in [1.54, 1.807) is 30.8 Å². The van der Waals surface area contributed by atoms with Crippen LogP contribution in [0.2, 0.25) is 0 Å². The molecule has 0 saturated carbocycles. The van der Waals surface area contributed by atoms with Crippen LogP contribution in [0.1, 0.15) is 49.6 Å². The molecule has 38 heavy (non-hydrogen) atoms. The lowest BCUT2D eigenvalue weighted by atomic mass is 9.86. The highest BCUT2D eigenvalue weighted by Gasteiger charge is 2.32. The molecule has 3 aromatic heterocycles. The van der Waals surface area contributed by atoms with Gasteiger partial charge in [-0.15, -0.1) is 5.10 Å². The molecule has 7 nitrogen and oxygen atoms in total. The third-order valence-corrected chi connectivity index (χ3v) is 7.83. The number of aryl methyl sites for hydroxylation is 2. The Kier molecular flexibility index (Phi) is 6.04. The number of hydrogen-bond acceptors (Lipinski definition) is 5. The van der Waals surface area contributed by atoms with E-state index in [1.165, 1.54) is 6.07 Å². The van der Waals surface area contributed by atoms with Gasteiger partial charge in [-0.25, -0.2) is 9.07 Å². The second kappa shape index (κ2) is 9.29. The second-order valence-corrected chi connectivity index (χ2v) is 10.8. The zero-order chi connectivity index (χ0) is 26.6. The Labute approximate surface area is 220 Å². The van der Waals surface area contributed by atoms with E-state index in [-0.39, 0.29) is 17.8 Å². The van der Waals surface area contributed by atoms with Crippen LogP contribution in [0.4, 0.5) is 4.39 Å². The average molecular weight is 514 g/mol. The lowest BCUT2D eigenvalue weighted by molar-refractivity contribution is 0.0548. The smallest absolute Gasteiger partial charge is 0.128 e. The van der Waals surface area contributed by atoms with E-state index in [0.29, 0.717) is 24.3 Å². The molecule has 1 atom stereocenters. The summed E-state index contributed by atoms with van der Waals surface area (Å²) in [7, 11) is 1.89. The van der Waals surface area contributed by atoms with Gasteiger partial charge in [-0.2, -0.15) is 0 Å². The highest BCUT2D eigenvalue weighted by Crippen LogP contribution is 2.42. The number of benzene rings is 2. The first-order valence-electron chi connectivity index (χ1n) is 13.1. The van der Waals surface area contributed by atoms with Crippen LogP contribution in [0.5, 0.6) is 0 Å². The highest BCUT2D eigenvalue weighted by molar-refractivity contribution is 6.07. The molecule has 0 spiro atoms. The second-order valence-electron chi connectivity index (χ2n) is 10.8. The van der Waals surface area contributed by atoms with Gasteiger partial charge >= 0.3 is 0 Å². The SMILES string of the molecule is Cc1nnn(C)c1-c1ccc2c3ncc(C(C)(C)O)cc3n(C(c3ccccc3F)C3CCOCC3)c2c1. The molecule has 1 unspecified atom stereocenters. The largest absolute Gasteiger partial charge is 0.386 e. The van der Waals surface area contributed by atoms with Crippen molar-refractivity contribution in [3.63, 3.8) is 0 Å². The van der Waals surface area contributed by atoms with Crippen LogP contribution in [0.3, 0.4) is 0 Å². The summed E-state index contributed by atoms with van der Waals surface area (Å²) >= 11 is 0. The molecule has 0 bridgehead atoms. The minimum Gasteiger partial charge on any atom is -0.386 e. The van der Waals surface area contributed by atoms with Crippen molar-refractivity contribution in [3.05, 3.63) is 77.4 Å². The Morgan fingerprint density at radius 3 is 2.53 bits per heavy atom. The first kappa shape index (κ1) is 24.7. The molecule has 1 saturated heterocycles. The zero-order valence-corrected chi connectivity index (χ0v) is 22.1. The maximum atomic E-state index is 15.5. The van der Waals surface area contributed by atoms with E-state index in [1.807, 2.05) is 32.2 Å². The summed E-state index contributed by atoms with van der Waals surface area (Å²) in [6.07, 6.45) is 3.38. The molecule has 2 aromatic carbocycles. The van der Waals surface area contributed by atoms with Crippen molar-refractivity contribution >= 4 is 21.9 Å². The van der Waals surface area contributed by atoms with Crippen LogP contribution in [-0.4, -0.2) is 42.9 Å². The highest BCUT2D eigenvalue weighted by atomic mass is 19.1. The molecular weight excluding hydrogens is 481 g/mol. The van der Waals surface area contributed by atoms with Gasteiger partial charge in [0.1, 0.15) is 5.82 Å². The van der Waals surface area contributed by atoms with E-state index < -0.39 is 5.60 Å². The molecule has 1 aliphatic rings. The predicted octanol–water partition coefficient (Wildman–Crippen LogP) is 5.68. The Hall–Kier alpha value is -3.62. The van der Waals surface area contributed by atoms with Crippen molar-refractivity contribution in [1.82, 2.24) is 24.5 Å². The first-order valence-corrected chi connectivity index (χ1v) is 13.1. The number of halogens is 1. The van der Waals surface area contributed by atoms with Crippen molar-refractivity contribution in [3.8, 4) is 11.3 Å². The molecule has 0 amide bonds. The van der Waals surface area contributed by atoms with E-state index in [4.69, 9.17) is 9.72 Å². The Morgan fingerprint density at radius 1 is 1.08 bits per heavy atom. The van der Waals surface area contributed by atoms with Crippen molar-refractivity contribution in [2.24, 2.45) is 13.0 Å². The summed E-state index contributed by atoms with van der Waals surface area (Å²) in [5.74, 6) is -0.0672. The van der Waals surface area contributed by atoms with Crippen LogP contribution in [0.25, 0.3) is 33.2 Å². The average Bonchev–Trinajstić information content (AvgIpc) is 3.41. The molecule has 0 radical (unpaired) electrons. The number of nitrogens with zero attached hydrogens (tertiary/aromatic N) is 5. The van der Waals surface area contributed by atoms with Crippen molar-refractivity contribution in [1.29, 1.82) is 0 Å². The normalized spacial score (nSPS) is 15.9. The number of aliphatic hydroxyl groups is 1. The van der Waals surface area contributed by atoms with Gasteiger partial charge in [0.2, 0.25) is 0 Å². The summed E-state index contributed by atoms with van der Waals surface area (Å²) in [6.45, 7) is 6.75. The molecule has 1 N–H and O–H groups in total. The number of rotatable bonds is 5. The minimum atomic E-state index is -1.07. The van der Waals surface area contributed by atoms with Crippen molar-refractivity contribution in [2.75, 3.05) is 13.2 Å². The van der Waals surface area contributed by atoms with E-state index in [2.05, 4.69) is 33.1 Å². The third-order valence-electron chi connectivity index (χ3n) is 7.83. The summed E-state index contributed by atoms with van der Waals surface area (Å²) in [5.41, 5.74) is 5.69. The van der Waals surface area contributed by atoms with Crippen LogP contribution < -0.4 is 0 Å². The molecule has 1 fully saturated rings. The zero-order valence-electron chi connectivity index (χ0n) is 22.1. The predicted molar refractivity (Wildman–Crippen MR) is 145 cm³/mol. The third kappa shape index (κ3) is 4.08. The van der Waals surface area contributed by atoms with Crippen LogP contribution in [0.15, 0.2) is 54.7 Å². The summed E-state index contributed by atoms with van der Waals surface area (Å²) in [6, 6.07) is 15.1. The van der Waals surface area contributed by atoms with Gasteiger partial charge in [0, 0.05) is 48.5 Å². The quantitative estimate of drug-likeness (QED) is 0.327. The maximum Gasteiger partial charge on any atom is 0.128 e. The minimum absolute atomic E-state index is 0.161. The molecule has 0 aliphatic carbocycles. The lowest BCUT2D eigenvalue weighted by Crippen LogP contribution is -2.27. The van der Waals surface area contributed by atoms with Crippen LogP contribution in [0, 0.1) is 18.7 Å². The van der Waals surface area contributed by atoms with E-state index >= 15 is 4.39 Å². The number of ether oxygens (including phenoxy) is 1. The van der Waals surface area contributed by atoms with Gasteiger partial charge in [0.05, 0.1) is 39.6 Å². The molecule has 5 aromatic rings. The molecule has 6 rings (SSSR count). The number of aromatic nitrogens is 5. The van der Waals surface area contributed by atoms with Gasteiger partial charge < -0.3 is 14.4 Å². The monoisotopic (exact) mass is 513 g/mol. The van der Waals surface area contributed by atoms with E-state index in [0.717, 1.165) is 51.7 Å². The fourth-order valence-corrected chi connectivity index (χ4v) is 5.89. The number of fused-ring (bicyclic) bond motifs is 3. The summed E-state index contributed by atoms with van der Waals surface area (Å²) < 4.78 is 25.3. The topological polar surface area (TPSA) is 78.0 Å². The molecular formula is C30H32FN5O2. The van der Waals surface area contributed by atoms with Gasteiger partial charge in [0.15, 0.2) is 0 Å². The van der Waals surface area contributed by atoms with Gasteiger partial charge in [-0.3, -0.25) is 4.98 Å². The summed E-state index contributed by atoms with van der Waals surface area (Å²) in [5, 5.41) is 20.3. The number of pyridine rings is 1. The van der Waals surface area contributed by atoms with Gasteiger partial charge in [-0.1, -0.05) is 29.5 Å². The Balaban J connectivity index is 1.71. The fraction of sp³-hybridized carbons (Fsp3) is 0.367. The molecule has 8 heteroatoms. The molecule has 196 valence electrons. The Bertz CT molecular complexity index is 1620. The van der Waals surface area contributed by atoms with Crippen LogP contribution in [-0.2, 0) is 17.4 Å². The first-order chi connectivity index (χ1) is 18.2. The fourth-order valence-electron chi connectivity index (χ4n) is 5.89. The van der Waals surface area contributed by atoms with Crippen LogP contribution >= 0.6 is 0 Å². The standard InChI is InChI=1S/C30H32FN5O2/c1-18-28(35(4)34-33-18)20-9-10-23-25(15-20)36(26-16-21(30(2,3)37)17-32-27(23)26)29(19-11-13-38-14-12-19)22-7-5-6-8-24(22)31/h5-10,15-17,19,29,37H,11-14H2,1-4H3. The van der Waals surface area contributed by atoms with E-state index in [9.17, 15) is 5.11 Å². The molecule has 1 aliphatic heterocycles. The Morgan fingerprint density at radius 2 is 1.84 bits per heavy atom. The molecule has 4 heterocycles. The van der Waals surface area contributed by atoms with Crippen molar-refractivity contribution in [2.45, 2.75) is 45.3 Å². The van der Waals surface area contributed by atoms with Gasteiger partial charge in [-0.05, 0) is 63.8 Å². The number of hydrogen-bond donors (Lipinski definition) is 1.